The van der Waals surface area contributed by atoms with Crippen LogP contribution >= 0.6 is 0 Å². The average Bonchev–Trinajstić information content (AvgIpc) is 3.17. The predicted octanol–water partition coefficient (Wildman–Crippen LogP) is 3.38. The highest BCUT2D eigenvalue weighted by molar-refractivity contribution is 5.91. The maximum Gasteiger partial charge on any atom is 0.343 e. The monoisotopic (exact) mass is 444 g/mol. The van der Waals surface area contributed by atoms with E-state index < -0.39 is 11.6 Å². The third-order valence-electron chi connectivity index (χ3n) is 6.40. The Bertz CT molecular complexity index is 1390. The molecule has 7 heteroatoms. The first-order valence-corrected chi connectivity index (χ1v) is 11.2. The number of fused-ring (bicyclic) bond motifs is 5. The van der Waals surface area contributed by atoms with E-state index in [2.05, 4.69) is 0 Å². The lowest BCUT2D eigenvalue weighted by atomic mass is 9.84. The topological polar surface area (TPSA) is 98.5 Å². The van der Waals surface area contributed by atoms with Crippen LogP contribution in [0.15, 0.2) is 53.3 Å². The van der Waals surface area contributed by atoms with Gasteiger partial charge in [0.05, 0.1) is 29.0 Å². The molecule has 0 saturated carbocycles. The van der Waals surface area contributed by atoms with Crippen molar-refractivity contribution in [2.75, 3.05) is 0 Å². The van der Waals surface area contributed by atoms with E-state index >= 15 is 0 Å². The lowest BCUT2D eigenvalue weighted by molar-refractivity contribution is -0.173. The standard InChI is InChI=1S/C26H24N2O5/c1-2-3-4-8-18(29)10-11-26(32)20-13-22-23-17(12-16-7-5-6-9-21(16)27-23)14-28(22)24(30)19(20)15-33-25(26)31/h4-9,12-13,32H,2-3,10-11,14-15H2,1H3/b8-4+/t26-/m0/s1. The van der Waals surface area contributed by atoms with Crippen LogP contribution < -0.4 is 5.56 Å². The van der Waals surface area contributed by atoms with E-state index in [1.54, 1.807) is 16.7 Å². The Balaban J connectivity index is 1.57. The van der Waals surface area contributed by atoms with Crippen LogP contribution in [0.5, 0.6) is 0 Å². The minimum absolute atomic E-state index is 0.0385. The fourth-order valence-electron chi connectivity index (χ4n) is 4.60. The molecule has 2 aromatic heterocycles. The molecule has 0 radical (unpaired) electrons. The van der Waals surface area contributed by atoms with E-state index in [-0.39, 0.29) is 41.9 Å². The van der Waals surface area contributed by atoms with Crippen LogP contribution in [0.4, 0.5) is 0 Å². The van der Waals surface area contributed by atoms with Crippen LogP contribution in [0, 0.1) is 0 Å². The number of carbonyl (C=O) groups is 2. The number of esters is 1. The van der Waals surface area contributed by atoms with Gasteiger partial charge in [0.15, 0.2) is 11.4 Å². The summed E-state index contributed by atoms with van der Waals surface area (Å²) < 4.78 is 6.79. The first-order valence-electron chi connectivity index (χ1n) is 11.2. The van der Waals surface area contributed by atoms with Gasteiger partial charge in [-0.1, -0.05) is 37.6 Å². The summed E-state index contributed by atoms with van der Waals surface area (Å²) in [4.78, 5) is 43.0. The molecule has 0 aliphatic carbocycles. The van der Waals surface area contributed by atoms with Crippen LogP contribution in [0.3, 0.4) is 0 Å². The Morgan fingerprint density at radius 3 is 2.91 bits per heavy atom. The highest BCUT2D eigenvalue weighted by Gasteiger charge is 2.46. The van der Waals surface area contributed by atoms with Crippen molar-refractivity contribution in [3.8, 4) is 11.4 Å². The molecule has 5 rings (SSSR count). The van der Waals surface area contributed by atoms with Crippen molar-refractivity contribution in [3.05, 3.63) is 75.6 Å². The Morgan fingerprint density at radius 2 is 2.09 bits per heavy atom. The maximum absolute atomic E-state index is 13.3. The van der Waals surface area contributed by atoms with Gasteiger partial charge in [-0.3, -0.25) is 9.59 Å². The molecule has 0 saturated heterocycles. The maximum atomic E-state index is 13.3. The van der Waals surface area contributed by atoms with Crippen molar-refractivity contribution < 1.29 is 19.4 Å². The number of hydrogen-bond donors (Lipinski definition) is 1. The van der Waals surface area contributed by atoms with E-state index in [0.717, 1.165) is 29.3 Å². The minimum Gasteiger partial charge on any atom is -0.458 e. The third kappa shape index (κ3) is 3.49. The van der Waals surface area contributed by atoms with Gasteiger partial charge in [0.2, 0.25) is 0 Å². The van der Waals surface area contributed by atoms with Crippen LogP contribution in [-0.4, -0.2) is 26.4 Å². The second-order valence-electron chi connectivity index (χ2n) is 8.60. The zero-order valence-corrected chi connectivity index (χ0v) is 18.3. The minimum atomic E-state index is -2.06. The van der Waals surface area contributed by atoms with Crippen LogP contribution in [0.2, 0.25) is 0 Å². The smallest absolute Gasteiger partial charge is 0.343 e. The van der Waals surface area contributed by atoms with E-state index in [1.807, 2.05) is 37.3 Å². The fraction of sp³-hybridized carbons (Fsp3) is 0.308. The molecule has 1 aromatic carbocycles. The van der Waals surface area contributed by atoms with Crippen molar-refractivity contribution in [2.45, 2.75) is 51.4 Å². The van der Waals surface area contributed by atoms with Gasteiger partial charge < -0.3 is 14.4 Å². The molecule has 4 heterocycles. The Hall–Kier alpha value is -3.58. The Kier molecular flexibility index (Phi) is 5.21. The van der Waals surface area contributed by atoms with Gasteiger partial charge in [-0.15, -0.1) is 0 Å². The molecular weight excluding hydrogens is 420 g/mol. The van der Waals surface area contributed by atoms with Crippen LogP contribution in [-0.2, 0) is 33.1 Å². The van der Waals surface area contributed by atoms with Gasteiger partial charge in [-0.2, -0.15) is 0 Å². The number of allylic oxidation sites excluding steroid dienone is 2. The summed E-state index contributed by atoms with van der Waals surface area (Å²) in [5.41, 5.74) is 1.00. The molecule has 0 spiro atoms. The molecule has 0 fully saturated rings. The predicted molar refractivity (Wildman–Crippen MR) is 123 cm³/mol. The number of benzene rings is 1. The highest BCUT2D eigenvalue weighted by atomic mass is 16.6. The van der Waals surface area contributed by atoms with E-state index in [0.29, 0.717) is 17.9 Å². The van der Waals surface area contributed by atoms with Crippen molar-refractivity contribution in [1.29, 1.82) is 0 Å². The molecule has 2 aliphatic rings. The summed E-state index contributed by atoms with van der Waals surface area (Å²) >= 11 is 0. The fourth-order valence-corrected chi connectivity index (χ4v) is 4.60. The molecular formula is C26H24N2O5. The number of ketones is 1. The van der Waals surface area contributed by atoms with Crippen molar-refractivity contribution in [2.24, 2.45) is 0 Å². The summed E-state index contributed by atoms with van der Waals surface area (Å²) in [6, 6.07) is 11.4. The molecule has 2 aliphatic heterocycles. The zero-order chi connectivity index (χ0) is 23.2. The molecule has 168 valence electrons. The molecule has 33 heavy (non-hydrogen) atoms. The number of carbonyl (C=O) groups excluding carboxylic acids is 2. The molecule has 0 unspecified atom stereocenters. The second kappa shape index (κ2) is 8.08. The molecule has 1 N–H and O–H groups in total. The Labute approximate surface area is 190 Å². The number of aliphatic hydroxyl groups is 1. The van der Waals surface area contributed by atoms with Crippen molar-refractivity contribution in [1.82, 2.24) is 9.55 Å². The van der Waals surface area contributed by atoms with E-state index in [4.69, 9.17) is 9.72 Å². The quantitative estimate of drug-likeness (QED) is 0.362. The van der Waals surface area contributed by atoms with E-state index in [9.17, 15) is 19.5 Å². The summed E-state index contributed by atoms with van der Waals surface area (Å²) in [6.07, 6.45) is 4.77. The average molecular weight is 444 g/mol. The molecule has 3 aromatic rings. The van der Waals surface area contributed by atoms with Crippen molar-refractivity contribution >= 4 is 22.7 Å². The summed E-state index contributed by atoms with van der Waals surface area (Å²) in [7, 11) is 0. The molecule has 7 nitrogen and oxygen atoms in total. The van der Waals surface area contributed by atoms with Gasteiger partial charge in [0, 0.05) is 22.9 Å². The number of para-hydroxylation sites is 1. The summed E-state index contributed by atoms with van der Waals surface area (Å²) in [6.45, 7) is 2.17. The zero-order valence-electron chi connectivity index (χ0n) is 18.3. The SMILES string of the molecule is CCC/C=C/C(=O)CC[C@@]1(O)C(=O)OCc2c1cc1n(c2=O)Cc2cc3ccccc3nc2-1. The number of pyridine rings is 2. The Morgan fingerprint density at radius 1 is 1.27 bits per heavy atom. The first kappa shape index (κ1) is 21.3. The lowest BCUT2D eigenvalue weighted by Gasteiger charge is -2.32. The first-order chi connectivity index (χ1) is 15.9. The second-order valence-corrected chi connectivity index (χ2v) is 8.60. The normalized spacial score (nSPS) is 18.8. The van der Waals surface area contributed by atoms with Gasteiger partial charge >= 0.3 is 5.97 Å². The lowest BCUT2D eigenvalue weighted by Crippen LogP contribution is -2.45. The van der Waals surface area contributed by atoms with Gasteiger partial charge in [-0.05, 0) is 37.1 Å². The number of ether oxygens (including phenoxy) is 1. The summed E-state index contributed by atoms with van der Waals surface area (Å²) in [5.74, 6) is -1.03. The number of aromatic nitrogens is 2. The number of nitrogens with zero attached hydrogens (tertiary/aromatic N) is 2. The molecule has 1 atom stereocenters. The van der Waals surface area contributed by atoms with Crippen molar-refractivity contribution in [3.63, 3.8) is 0 Å². The van der Waals surface area contributed by atoms with Gasteiger partial charge in [0.1, 0.15) is 6.61 Å². The number of rotatable bonds is 6. The van der Waals surface area contributed by atoms with Crippen LogP contribution in [0.25, 0.3) is 22.3 Å². The highest BCUT2D eigenvalue weighted by Crippen LogP contribution is 2.39. The van der Waals surface area contributed by atoms with Gasteiger partial charge in [-0.25, -0.2) is 9.78 Å². The van der Waals surface area contributed by atoms with E-state index in [1.165, 1.54) is 6.08 Å². The number of hydrogen-bond acceptors (Lipinski definition) is 6. The van der Waals surface area contributed by atoms with Gasteiger partial charge in [0.25, 0.3) is 5.56 Å². The largest absolute Gasteiger partial charge is 0.458 e. The molecule has 0 bridgehead atoms. The number of unbranched alkanes of at least 4 members (excludes halogenated alkanes) is 1. The number of cyclic esters (lactones) is 1. The third-order valence-corrected chi connectivity index (χ3v) is 6.40. The summed E-state index contributed by atoms with van der Waals surface area (Å²) in [5, 5.41) is 12.3. The molecule has 0 amide bonds. The van der Waals surface area contributed by atoms with Crippen LogP contribution in [0.1, 0.15) is 49.3 Å².